The van der Waals surface area contributed by atoms with Gasteiger partial charge in [0.2, 0.25) is 0 Å². The molecule has 1 saturated heterocycles. The molecule has 1 aliphatic heterocycles. The molecule has 0 aliphatic carbocycles. The highest BCUT2D eigenvalue weighted by molar-refractivity contribution is 7.46. The van der Waals surface area contributed by atoms with Crippen LogP contribution in [0.1, 0.15) is 24.1 Å². The lowest BCUT2D eigenvalue weighted by Crippen LogP contribution is -2.34. The highest BCUT2D eigenvalue weighted by Gasteiger charge is 2.27. The minimum absolute atomic E-state index is 0.00143. The monoisotopic (exact) mass is 366 g/mol. The molecule has 2 heterocycles. The van der Waals surface area contributed by atoms with E-state index in [1.165, 1.54) is 0 Å². The van der Waals surface area contributed by atoms with E-state index in [0.717, 1.165) is 36.0 Å². The number of rotatable bonds is 6. The number of phosphoric acid groups is 1. The van der Waals surface area contributed by atoms with Crippen molar-refractivity contribution in [2.45, 2.75) is 32.2 Å². The van der Waals surface area contributed by atoms with E-state index in [2.05, 4.69) is 14.4 Å². The van der Waals surface area contributed by atoms with Gasteiger partial charge in [-0.1, -0.05) is 12.1 Å². The van der Waals surface area contributed by atoms with Crippen LogP contribution in [0.5, 0.6) is 0 Å². The Hall–Kier alpha value is -1.50. The fraction of sp³-hybridized carbons (Fsp3) is 0.471. The molecule has 1 fully saturated rings. The Labute approximate surface area is 145 Å². The molecule has 2 aromatic rings. The van der Waals surface area contributed by atoms with E-state index in [4.69, 9.17) is 9.79 Å². The zero-order valence-electron chi connectivity index (χ0n) is 14.1. The number of H-pyrrole nitrogens is 1. The van der Waals surface area contributed by atoms with Gasteiger partial charge in [0.15, 0.2) is 0 Å². The van der Waals surface area contributed by atoms with Gasteiger partial charge in [-0.25, -0.2) is 4.57 Å². The normalized spacial score (nSPS) is 18.9. The lowest BCUT2D eigenvalue weighted by molar-refractivity contribution is 0.135. The average Bonchev–Trinajstić information content (AvgIpc) is 2.99. The van der Waals surface area contributed by atoms with Crippen LogP contribution in [0.25, 0.3) is 10.8 Å². The first-order chi connectivity index (χ1) is 11.8. The fourth-order valence-corrected chi connectivity index (χ4v) is 3.82. The van der Waals surface area contributed by atoms with Crippen LogP contribution in [0.15, 0.2) is 29.1 Å². The largest absolute Gasteiger partial charge is 0.469 e. The predicted molar refractivity (Wildman–Crippen MR) is 95.6 cm³/mol. The fourth-order valence-electron chi connectivity index (χ4n) is 3.45. The van der Waals surface area contributed by atoms with Gasteiger partial charge in [-0.2, -0.15) is 0 Å². The number of aryl methyl sites for hydroxylation is 1. The van der Waals surface area contributed by atoms with Crippen molar-refractivity contribution in [2.75, 3.05) is 19.7 Å². The molecule has 8 heteroatoms. The van der Waals surface area contributed by atoms with Crippen molar-refractivity contribution in [1.29, 1.82) is 0 Å². The minimum atomic E-state index is -4.44. The summed E-state index contributed by atoms with van der Waals surface area (Å²) in [4.78, 5) is 35.1. The Morgan fingerprint density at radius 1 is 1.36 bits per heavy atom. The third kappa shape index (κ3) is 4.57. The van der Waals surface area contributed by atoms with Crippen molar-refractivity contribution in [3.05, 3.63) is 45.9 Å². The van der Waals surface area contributed by atoms with Gasteiger partial charge in [-0.15, -0.1) is 0 Å². The molecule has 0 saturated carbocycles. The zero-order valence-corrected chi connectivity index (χ0v) is 15.0. The number of hydrogen-bond donors (Lipinski definition) is 3. The van der Waals surface area contributed by atoms with Crippen molar-refractivity contribution in [1.82, 2.24) is 9.88 Å². The van der Waals surface area contributed by atoms with E-state index in [1.54, 1.807) is 0 Å². The van der Waals surface area contributed by atoms with E-state index < -0.39 is 7.82 Å². The van der Waals surface area contributed by atoms with Crippen LogP contribution in [-0.2, 0) is 15.5 Å². The molecule has 1 aromatic heterocycles. The molecule has 7 nitrogen and oxygen atoms in total. The van der Waals surface area contributed by atoms with Crippen molar-refractivity contribution < 1.29 is 18.9 Å². The zero-order chi connectivity index (χ0) is 18.0. The van der Waals surface area contributed by atoms with Crippen molar-refractivity contribution in [3.8, 4) is 0 Å². The Kier molecular flexibility index (Phi) is 5.41. The van der Waals surface area contributed by atoms with Crippen LogP contribution in [-0.4, -0.2) is 45.4 Å². The number of fused-ring (bicyclic) bond motifs is 1. The molecule has 3 N–H and O–H groups in total. The third-order valence-electron chi connectivity index (χ3n) is 4.76. The van der Waals surface area contributed by atoms with Gasteiger partial charge >= 0.3 is 7.82 Å². The molecule has 1 unspecified atom stereocenters. The molecule has 0 amide bonds. The first-order valence-corrected chi connectivity index (χ1v) is 9.92. The standard InChI is InChI=1S/C17H23N2O5P/c1-12-4-2-6-15-16(12)10-13(18-17(15)20)7-9-19-8-3-5-14(19)11-24-25(21,22)23/h2,4,6,10,14H,3,5,7-9,11H2,1H3,(H,18,20)(H2,21,22,23). The molecule has 1 atom stereocenters. The van der Waals surface area contributed by atoms with E-state index in [-0.39, 0.29) is 18.2 Å². The summed E-state index contributed by atoms with van der Waals surface area (Å²) >= 11 is 0. The second-order valence-electron chi connectivity index (χ2n) is 6.53. The number of nitrogens with zero attached hydrogens (tertiary/aromatic N) is 1. The SMILES string of the molecule is Cc1cccc2c(=O)[nH]c(CCN3CCCC3COP(=O)(O)O)cc12. The van der Waals surface area contributed by atoms with Gasteiger partial charge in [0.05, 0.1) is 6.61 Å². The highest BCUT2D eigenvalue weighted by Crippen LogP contribution is 2.36. The summed E-state index contributed by atoms with van der Waals surface area (Å²) < 4.78 is 15.5. The molecule has 0 spiro atoms. The lowest BCUT2D eigenvalue weighted by Gasteiger charge is -2.24. The summed E-state index contributed by atoms with van der Waals surface area (Å²) in [6.45, 7) is 3.59. The van der Waals surface area contributed by atoms with Gasteiger partial charge in [0.1, 0.15) is 0 Å². The van der Waals surface area contributed by atoms with Crippen LogP contribution in [0.4, 0.5) is 0 Å². The Bertz CT molecular complexity index is 860. The molecule has 25 heavy (non-hydrogen) atoms. The maximum absolute atomic E-state index is 12.2. The molecule has 3 rings (SSSR count). The number of phosphoric ester groups is 1. The van der Waals surface area contributed by atoms with Crippen LogP contribution < -0.4 is 5.56 Å². The topological polar surface area (TPSA) is 103 Å². The Balaban J connectivity index is 1.69. The van der Waals surface area contributed by atoms with Crippen LogP contribution in [0.2, 0.25) is 0 Å². The number of benzene rings is 1. The lowest BCUT2D eigenvalue weighted by atomic mass is 10.1. The number of aromatic nitrogens is 1. The molecular formula is C17H23N2O5P. The van der Waals surface area contributed by atoms with Crippen LogP contribution in [0, 0.1) is 6.92 Å². The second-order valence-corrected chi connectivity index (χ2v) is 7.77. The van der Waals surface area contributed by atoms with Gasteiger partial charge in [0.25, 0.3) is 5.56 Å². The van der Waals surface area contributed by atoms with Crippen molar-refractivity contribution >= 4 is 18.6 Å². The Morgan fingerprint density at radius 2 is 2.16 bits per heavy atom. The quantitative estimate of drug-likeness (QED) is 0.676. The Morgan fingerprint density at radius 3 is 2.92 bits per heavy atom. The highest BCUT2D eigenvalue weighted by atomic mass is 31.2. The molecule has 0 bridgehead atoms. The summed E-state index contributed by atoms with van der Waals surface area (Å²) in [7, 11) is -4.44. The molecule has 1 aliphatic rings. The number of pyridine rings is 1. The number of nitrogens with one attached hydrogen (secondary N) is 1. The number of likely N-dealkylation sites (tertiary alicyclic amines) is 1. The van der Waals surface area contributed by atoms with Crippen LogP contribution in [0.3, 0.4) is 0 Å². The third-order valence-corrected chi connectivity index (χ3v) is 5.25. The maximum atomic E-state index is 12.2. The van der Waals surface area contributed by atoms with E-state index in [9.17, 15) is 9.36 Å². The molecule has 0 radical (unpaired) electrons. The molecular weight excluding hydrogens is 343 g/mol. The van der Waals surface area contributed by atoms with Crippen LogP contribution >= 0.6 is 7.82 Å². The molecule has 136 valence electrons. The van der Waals surface area contributed by atoms with E-state index >= 15 is 0 Å². The van der Waals surface area contributed by atoms with E-state index in [1.807, 2.05) is 31.2 Å². The number of aromatic amines is 1. The summed E-state index contributed by atoms with van der Waals surface area (Å²) in [6, 6.07) is 7.70. The van der Waals surface area contributed by atoms with Crippen molar-refractivity contribution in [3.63, 3.8) is 0 Å². The first-order valence-electron chi connectivity index (χ1n) is 8.39. The second kappa shape index (κ2) is 7.40. The minimum Gasteiger partial charge on any atom is -0.326 e. The molecule has 1 aromatic carbocycles. The summed E-state index contributed by atoms with van der Waals surface area (Å²) in [6.07, 6.45) is 2.50. The summed E-state index contributed by atoms with van der Waals surface area (Å²) in [5.74, 6) is 0. The smallest absolute Gasteiger partial charge is 0.326 e. The predicted octanol–water partition coefficient (Wildman–Crippen LogP) is 1.95. The van der Waals surface area contributed by atoms with E-state index in [0.29, 0.717) is 18.4 Å². The summed E-state index contributed by atoms with van der Waals surface area (Å²) in [5, 5.41) is 1.65. The van der Waals surface area contributed by atoms with Gasteiger partial charge < -0.3 is 14.8 Å². The van der Waals surface area contributed by atoms with Gasteiger partial charge in [-0.3, -0.25) is 14.2 Å². The van der Waals surface area contributed by atoms with Crippen molar-refractivity contribution in [2.24, 2.45) is 0 Å². The van der Waals surface area contributed by atoms with Gasteiger partial charge in [0, 0.05) is 30.1 Å². The maximum Gasteiger partial charge on any atom is 0.469 e. The van der Waals surface area contributed by atoms with Gasteiger partial charge in [-0.05, 0) is 49.4 Å². The number of hydrogen-bond acceptors (Lipinski definition) is 4. The first kappa shape index (κ1) is 18.3. The average molecular weight is 366 g/mol. The summed E-state index contributed by atoms with van der Waals surface area (Å²) in [5.41, 5.74) is 1.85.